The van der Waals surface area contributed by atoms with E-state index in [-0.39, 0.29) is 16.6 Å². The molecular weight excluding hydrogens is 502 g/mol. The van der Waals surface area contributed by atoms with Crippen LogP contribution in [-0.2, 0) is 23.1 Å². The Labute approximate surface area is 245 Å². The fraction of sp³-hybridized carbons (Fsp3) is 0.500. The number of fused-ring (bicyclic) bond motifs is 1. The van der Waals surface area contributed by atoms with Crippen LogP contribution in [0, 0.1) is 30.1 Å². The summed E-state index contributed by atoms with van der Waals surface area (Å²) >= 11 is 0. The highest BCUT2D eigenvalue weighted by Crippen LogP contribution is 2.68. The van der Waals surface area contributed by atoms with Gasteiger partial charge in [-0.05, 0) is 114 Å². The van der Waals surface area contributed by atoms with Crippen LogP contribution in [0.25, 0.3) is 11.1 Å². The minimum absolute atomic E-state index is 0.0863. The van der Waals surface area contributed by atoms with Crippen molar-refractivity contribution >= 4 is 11.6 Å². The zero-order valence-electron chi connectivity index (χ0n) is 24.8. The Hall–Kier alpha value is -3.07. The average molecular weight is 546 g/mol. The summed E-state index contributed by atoms with van der Waals surface area (Å²) < 4.78 is 0. The van der Waals surface area contributed by atoms with Gasteiger partial charge in [-0.2, -0.15) is 0 Å². The Morgan fingerprint density at radius 2 is 1.83 bits per heavy atom. The van der Waals surface area contributed by atoms with E-state index < -0.39 is 0 Å². The van der Waals surface area contributed by atoms with Crippen molar-refractivity contribution in [2.45, 2.75) is 96.3 Å². The van der Waals surface area contributed by atoms with Gasteiger partial charge in [-0.25, -0.2) is 0 Å². The molecule has 7 rings (SSSR count). The molecule has 3 saturated carbocycles. The Bertz CT molecular complexity index is 1470. The molecule has 1 aromatic heterocycles. The van der Waals surface area contributed by atoms with E-state index in [0.29, 0.717) is 24.5 Å². The van der Waals surface area contributed by atoms with Gasteiger partial charge < -0.3 is 0 Å². The molecule has 3 nitrogen and oxygen atoms in total. The monoisotopic (exact) mass is 545 g/mol. The fourth-order valence-corrected chi connectivity index (χ4v) is 9.42. The van der Waals surface area contributed by atoms with Crippen molar-refractivity contribution in [2.75, 3.05) is 0 Å². The van der Waals surface area contributed by atoms with E-state index >= 15 is 0 Å². The maximum absolute atomic E-state index is 13.7. The topological polar surface area (TPSA) is 47.0 Å². The number of Topliss-reactive ketones (excluding diaryl/α,β-unsaturated/α-hetero) is 2. The van der Waals surface area contributed by atoms with Gasteiger partial charge in [0.15, 0.2) is 5.78 Å². The van der Waals surface area contributed by atoms with E-state index in [1.54, 1.807) is 6.20 Å². The molecule has 212 valence electrons. The van der Waals surface area contributed by atoms with E-state index in [2.05, 4.69) is 61.3 Å². The number of hydrogen-bond acceptors (Lipinski definition) is 3. The summed E-state index contributed by atoms with van der Waals surface area (Å²) in [6, 6.07) is 17.1. The third-order valence-electron chi connectivity index (χ3n) is 11.8. The van der Waals surface area contributed by atoms with Crippen LogP contribution in [0.1, 0.15) is 104 Å². The number of hydrogen-bond donors (Lipinski definition) is 0. The van der Waals surface area contributed by atoms with Crippen LogP contribution in [-0.4, -0.2) is 16.6 Å². The predicted octanol–water partition coefficient (Wildman–Crippen LogP) is 8.64. The van der Waals surface area contributed by atoms with E-state index in [9.17, 15) is 9.59 Å². The van der Waals surface area contributed by atoms with E-state index in [1.807, 2.05) is 12.3 Å². The first-order valence-corrected chi connectivity index (χ1v) is 16.1. The average Bonchev–Trinajstić information content (AvgIpc) is 3.80. The van der Waals surface area contributed by atoms with E-state index in [1.165, 1.54) is 53.5 Å². The summed E-state index contributed by atoms with van der Waals surface area (Å²) in [5, 5.41) is 0. The number of aromatic nitrogens is 1. The molecule has 0 N–H and O–H groups in total. The SMILES string of the molecule is Cc1c(C(=O)CCCc2ccc(-c3cccnc3)cc2)ccc2c1C13CCC(CC4CC4)[C@H](C2)[C@]1(C)CCC(=O)C3. The van der Waals surface area contributed by atoms with Gasteiger partial charge in [-0.15, -0.1) is 0 Å². The zero-order chi connectivity index (χ0) is 28.2. The minimum Gasteiger partial charge on any atom is -0.300 e. The van der Waals surface area contributed by atoms with Crippen LogP contribution in [0.2, 0.25) is 0 Å². The molecule has 4 aliphatic rings. The maximum atomic E-state index is 13.7. The van der Waals surface area contributed by atoms with Gasteiger partial charge in [0.25, 0.3) is 0 Å². The lowest BCUT2D eigenvalue weighted by Gasteiger charge is -2.65. The summed E-state index contributed by atoms with van der Waals surface area (Å²) in [6.45, 7) is 4.72. The number of carbonyl (C=O) groups excluding carboxylic acids is 2. The van der Waals surface area contributed by atoms with Gasteiger partial charge in [0, 0.05) is 42.6 Å². The molecule has 0 aliphatic heterocycles. The highest BCUT2D eigenvalue weighted by atomic mass is 16.1. The summed E-state index contributed by atoms with van der Waals surface area (Å²) in [4.78, 5) is 31.0. The first-order valence-electron chi connectivity index (χ1n) is 16.1. The Kier molecular flexibility index (Phi) is 6.75. The molecule has 2 aromatic carbocycles. The second-order valence-electron chi connectivity index (χ2n) is 14.0. The van der Waals surface area contributed by atoms with Gasteiger partial charge >= 0.3 is 0 Å². The van der Waals surface area contributed by atoms with E-state index in [4.69, 9.17) is 0 Å². The molecule has 3 aromatic rings. The summed E-state index contributed by atoms with van der Waals surface area (Å²) in [7, 11) is 0. The van der Waals surface area contributed by atoms with Crippen LogP contribution in [0.4, 0.5) is 0 Å². The highest BCUT2D eigenvalue weighted by Gasteiger charge is 2.63. The number of nitrogens with zero attached hydrogens (tertiary/aromatic N) is 1. The molecule has 4 aliphatic carbocycles. The van der Waals surface area contributed by atoms with Gasteiger partial charge in [0.2, 0.25) is 0 Å². The lowest BCUT2D eigenvalue weighted by Crippen LogP contribution is -2.61. The first kappa shape index (κ1) is 26.8. The van der Waals surface area contributed by atoms with Crippen molar-refractivity contribution in [3.8, 4) is 11.1 Å². The van der Waals surface area contributed by atoms with Gasteiger partial charge in [0.05, 0.1) is 0 Å². The van der Waals surface area contributed by atoms with Gasteiger partial charge in [-0.1, -0.05) is 62.2 Å². The van der Waals surface area contributed by atoms with Crippen molar-refractivity contribution in [3.05, 3.63) is 88.7 Å². The van der Waals surface area contributed by atoms with Gasteiger partial charge in [0.1, 0.15) is 5.78 Å². The summed E-state index contributed by atoms with van der Waals surface area (Å²) in [6.07, 6.45) is 16.1. The number of carbonyl (C=O) groups is 2. The lowest BCUT2D eigenvalue weighted by atomic mass is 9.39. The van der Waals surface area contributed by atoms with Gasteiger partial charge in [-0.3, -0.25) is 14.6 Å². The summed E-state index contributed by atoms with van der Waals surface area (Å²) in [5.41, 5.74) is 8.52. The van der Waals surface area contributed by atoms with Crippen molar-refractivity contribution in [1.82, 2.24) is 4.98 Å². The molecule has 2 unspecified atom stereocenters. The molecule has 41 heavy (non-hydrogen) atoms. The Morgan fingerprint density at radius 1 is 1.00 bits per heavy atom. The van der Waals surface area contributed by atoms with Crippen LogP contribution in [0.15, 0.2) is 60.9 Å². The second-order valence-corrected chi connectivity index (χ2v) is 14.0. The third-order valence-corrected chi connectivity index (χ3v) is 11.8. The molecule has 0 amide bonds. The first-order chi connectivity index (χ1) is 19.9. The Balaban J connectivity index is 1.11. The van der Waals surface area contributed by atoms with Crippen LogP contribution in [0.5, 0.6) is 0 Å². The Morgan fingerprint density at radius 3 is 2.59 bits per heavy atom. The molecule has 0 spiro atoms. The molecule has 1 heterocycles. The molecule has 3 heteroatoms. The quantitative estimate of drug-likeness (QED) is 0.266. The van der Waals surface area contributed by atoms with Crippen LogP contribution < -0.4 is 0 Å². The predicted molar refractivity (Wildman–Crippen MR) is 164 cm³/mol. The minimum atomic E-state index is -0.0863. The highest BCUT2D eigenvalue weighted by molar-refractivity contribution is 5.98. The van der Waals surface area contributed by atoms with E-state index in [0.717, 1.165) is 61.5 Å². The molecule has 0 radical (unpaired) electrons. The lowest BCUT2D eigenvalue weighted by molar-refractivity contribution is -0.136. The van der Waals surface area contributed by atoms with Crippen molar-refractivity contribution < 1.29 is 9.59 Å². The largest absolute Gasteiger partial charge is 0.300 e. The number of pyridine rings is 1. The van der Waals surface area contributed by atoms with Crippen molar-refractivity contribution in [3.63, 3.8) is 0 Å². The molecule has 3 fully saturated rings. The molecule has 4 atom stereocenters. The third kappa shape index (κ3) is 4.60. The molecule has 2 bridgehead atoms. The number of rotatable bonds is 8. The fourth-order valence-electron chi connectivity index (χ4n) is 9.42. The zero-order valence-corrected chi connectivity index (χ0v) is 24.8. The smallest absolute Gasteiger partial charge is 0.163 e. The van der Waals surface area contributed by atoms with Crippen LogP contribution in [0.3, 0.4) is 0 Å². The normalized spacial score (nSPS) is 28.6. The molecule has 0 saturated heterocycles. The van der Waals surface area contributed by atoms with Crippen molar-refractivity contribution in [2.24, 2.45) is 23.2 Å². The summed E-state index contributed by atoms with van der Waals surface area (Å²) in [5.74, 6) is 3.09. The van der Waals surface area contributed by atoms with Crippen LogP contribution >= 0.6 is 0 Å². The number of aryl methyl sites for hydroxylation is 1. The van der Waals surface area contributed by atoms with Crippen molar-refractivity contribution in [1.29, 1.82) is 0 Å². The maximum Gasteiger partial charge on any atom is 0.163 e. The standard InChI is InChI=1S/C38H43NO2/c1-25-33(35(41)7-3-5-26-10-12-28(13-11-26)31-6-4-20-39-24-31)15-14-30-22-34-29(21-27-8-9-27)16-19-38(36(25)30)23-32(40)17-18-37(34,38)2/h4,6,10-15,20,24,27,29,34H,3,5,7-9,16-19,21-23H2,1-2H3/t29?,34-,37-,38?/m0/s1. The number of benzene rings is 2. The molecular formula is C38H43NO2. The number of ketones is 2. The second kappa shape index (κ2) is 10.3.